The van der Waals surface area contributed by atoms with Crippen LogP contribution in [-0.2, 0) is 9.47 Å². The van der Waals surface area contributed by atoms with E-state index in [2.05, 4.69) is 34.6 Å². The molecule has 1 rings (SSSR count). The fraction of sp³-hybridized carbons (Fsp3) is 1.00. The molecule has 0 heterocycles. The molecule has 0 N–H and O–H groups in total. The Morgan fingerprint density at radius 3 is 2.06 bits per heavy atom. The van der Waals surface area contributed by atoms with Gasteiger partial charge >= 0.3 is 0 Å². The number of ether oxygens (including phenoxy) is 2. The maximum atomic E-state index is 6.01. The maximum absolute atomic E-state index is 6.01. The van der Waals surface area contributed by atoms with E-state index in [9.17, 15) is 0 Å². The van der Waals surface area contributed by atoms with Crippen LogP contribution in [0.1, 0.15) is 73.6 Å². The summed E-state index contributed by atoms with van der Waals surface area (Å²) in [6.45, 7) is 12.9. The lowest BCUT2D eigenvalue weighted by atomic mass is 9.79. The van der Waals surface area contributed by atoms with Crippen molar-refractivity contribution in [2.24, 2.45) is 11.8 Å². The first kappa shape index (κ1) is 16.0. The van der Waals surface area contributed by atoms with Crippen molar-refractivity contribution in [2.75, 3.05) is 0 Å². The monoisotopic (exact) mass is 256 g/mol. The van der Waals surface area contributed by atoms with Crippen molar-refractivity contribution < 1.29 is 9.47 Å². The zero-order valence-corrected chi connectivity index (χ0v) is 13.2. The van der Waals surface area contributed by atoms with Crippen LogP contribution in [0.25, 0.3) is 0 Å². The summed E-state index contributed by atoms with van der Waals surface area (Å²) >= 11 is 0. The van der Waals surface area contributed by atoms with Crippen molar-refractivity contribution in [3.63, 3.8) is 0 Å². The van der Waals surface area contributed by atoms with E-state index in [1.54, 1.807) is 0 Å². The van der Waals surface area contributed by atoms with Gasteiger partial charge in [-0.2, -0.15) is 0 Å². The van der Waals surface area contributed by atoms with Gasteiger partial charge in [0.05, 0.1) is 11.7 Å². The van der Waals surface area contributed by atoms with Gasteiger partial charge in [-0.25, -0.2) is 0 Å². The van der Waals surface area contributed by atoms with Gasteiger partial charge in [0.1, 0.15) is 0 Å². The Hall–Kier alpha value is -0.0800. The molecule has 0 bridgehead atoms. The zero-order valence-electron chi connectivity index (χ0n) is 13.2. The molecule has 1 aliphatic carbocycles. The van der Waals surface area contributed by atoms with E-state index in [1.165, 1.54) is 32.1 Å². The molecular weight excluding hydrogens is 224 g/mol. The summed E-state index contributed by atoms with van der Waals surface area (Å²) in [6.07, 6.45) is 6.67. The predicted molar refractivity (Wildman–Crippen MR) is 76.6 cm³/mol. The SMILES string of the molecule is CCC(C)C1CCC(OC(C)OC(C)(C)C)CC1. The van der Waals surface area contributed by atoms with Crippen molar-refractivity contribution >= 4 is 0 Å². The largest absolute Gasteiger partial charge is 0.350 e. The second-order valence-electron chi connectivity index (χ2n) is 6.86. The molecular formula is C16H32O2. The molecule has 108 valence electrons. The number of hydrogen-bond donors (Lipinski definition) is 0. The van der Waals surface area contributed by atoms with Crippen molar-refractivity contribution in [3.8, 4) is 0 Å². The van der Waals surface area contributed by atoms with Gasteiger partial charge in [-0.15, -0.1) is 0 Å². The predicted octanol–water partition coefficient (Wildman–Crippen LogP) is 4.77. The molecule has 1 fully saturated rings. The van der Waals surface area contributed by atoms with Crippen LogP contribution in [0.3, 0.4) is 0 Å². The molecule has 0 amide bonds. The molecule has 0 aromatic carbocycles. The Morgan fingerprint density at radius 2 is 1.61 bits per heavy atom. The molecule has 0 aromatic rings. The van der Waals surface area contributed by atoms with Crippen LogP contribution >= 0.6 is 0 Å². The van der Waals surface area contributed by atoms with Gasteiger partial charge in [-0.05, 0) is 65.2 Å². The Morgan fingerprint density at radius 1 is 1.06 bits per heavy atom. The third kappa shape index (κ3) is 5.71. The molecule has 1 aliphatic rings. The van der Waals surface area contributed by atoms with Gasteiger partial charge in [-0.3, -0.25) is 0 Å². The average Bonchev–Trinajstić information content (AvgIpc) is 2.26. The zero-order chi connectivity index (χ0) is 13.8. The smallest absolute Gasteiger partial charge is 0.155 e. The summed E-state index contributed by atoms with van der Waals surface area (Å²) in [5, 5.41) is 0. The molecule has 2 unspecified atom stereocenters. The topological polar surface area (TPSA) is 18.5 Å². The number of rotatable bonds is 5. The quantitative estimate of drug-likeness (QED) is 0.660. The van der Waals surface area contributed by atoms with Crippen molar-refractivity contribution in [3.05, 3.63) is 0 Å². The summed E-state index contributed by atoms with van der Waals surface area (Å²) in [5.74, 6) is 1.78. The molecule has 1 saturated carbocycles. The highest BCUT2D eigenvalue weighted by Crippen LogP contribution is 2.33. The summed E-state index contributed by atoms with van der Waals surface area (Å²) in [5.41, 5.74) is -0.118. The fourth-order valence-corrected chi connectivity index (χ4v) is 2.92. The van der Waals surface area contributed by atoms with E-state index in [1.807, 2.05) is 6.92 Å². The van der Waals surface area contributed by atoms with Gasteiger partial charge < -0.3 is 9.47 Å². The highest BCUT2D eigenvalue weighted by atomic mass is 16.7. The summed E-state index contributed by atoms with van der Waals surface area (Å²) < 4.78 is 11.8. The van der Waals surface area contributed by atoms with Crippen LogP contribution < -0.4 is 0 Å². The van der Waals surface area contributed by atoms with Gasteiger partial charge in [0.2, 0.25) is 0 Å². The fourth-order valence-electron chi connectivity index (χ4n) is 2.92. The average molecular weight is 256 g/mol. The minimum Gasteiger partial charge on any atom is -0.350 e. The summed E-state index contributed by atoms with van der Waals surface area (Å²) in [4.78, 5) is 0. The second kappa shape index (κ2) is 6.91. The third-order valence-electron chi connectivity index (χ3n) is 4.07. The lowest BCUT2D eigenvalue weighted by molar-refractivity contribution is -0.211. The van der Waals surface area contributed by atoms with Crippen LogP contribution in [0.15, 0.2) is 0 Å². The van der Waals surface area contributed by atoms with Crippen molar-refractivity contribution in [1.29, 1.82) is 0 Å². The van der Waals surface area contributed by atoms with Gasteiger partial charge in [0, 0.05) is 0 Å². The van der Waals surface area contributed by atoms with Crippen LogP contribution in [0.5, 0.6) is 0 Å². The highest BCUT2D eigenvalue weighted by molar-refractivity contribution is 4.76. The Bertz CT molecular complexity index is 224. The molecule has 0 saturated heterocycles. The lowest BCUT2D eigenvalue weighted by Crippen LogP contribution is -2.33. The minimum atomic E-state index is -0.118. The van der Waals surface area contributed by atoms with E-state index < -0.39 is 0 Å². The molecule has 0 aromatic heterocycles. The molecule has 2 nitrogen and oxygen atoms in total. The summed E-state index contributed by atoms with van der Waals surface area (Å²) in [6, 6.07) is 0. The Kier molecular flexibility index (Phi) is 6.13. The van der Waals surface area contributed by atoms with Gasteiger partial charge in [0.25, 0.3) is 0 Å². The van der Waals surface area contributed by atoms with E-state index in [4.69, 9.17) is 9.47 Å². The molecule has 2 heteroatoms. The first-order chi connectivity index (χ1) is 8.31. The minimum absolute atomic E-state index is 0.0878. The standard InChI is InChI=1S/C16H32O2/c1-7-12(2)14-8-10-15(11-9-14)17-13(3)18-16(4,5)6/h12-15H,7-11H2,1-6H3. The van der Waals surface area contributed by atoms with Gasteiger partial charge in [-0.1, -0.05) is 20.3 Å². The Balaban J connectivity index is 2.27. The lowest BCUT2D eigenvalue weighted by Gasteiger charge is -2.34. The third-order valence-corrected chi connectivity index (χ3v) is 4.07. The molecule has 2 atom stereocenters. The normalized spacial score (nSPS) is 29.0. The molecule has 0 radical (unpaired) electrons. The highest BCUT2D eigenvalue weighted by Gasteiger charge is 2.26. The van der Waals surface area contributed by atoms with Crippen LogP contribution in [0.2, 0.25) is 0 Å². The second-order valence-corrected chi connectivity index (χ2v) is 6.86. The molecule has 0 aliphatic heterocycles. The van der Waals surface area contributed by atoms with E-state index in [0.717, 1.165) is 11.8 Å². The van der Waals surface area contributed by atoms with Gasteiger partial charge in [0.15, 0.2) is 6.29 Å². The summed E-state index contributed by atoms with van der Waals surface area (Å²) in [7, 11) is 0. The maximum Gasteiger partial charge on any atom is 0.155 e. The van der Waals surface area contributed by atoms with E-state index in [0.29, 0.717) is 6.10 Å². The molecule has 18 heavy (non-hydrogen) atoms. The van der Waals surface area contributed by atoms with Crippen molar-refractivity contribution in [1.82, 2.24) is 0 Å². The first-order valence-electron chi connectivity index (χ1n) is 7.65. The van der Waals surface area contributed by atoms with Crippen LogP contribution in [0, 0.1) is 11.8 Å². The van der Waals surface area contributed by atoms with E-state index in [-0.39, 0.29) is 11.9 Å². The van der Waals surface area contributed by atoms with Crippen LogP contribution in [-0.4, -0.2) is 18.0 Å². The van der Waals surface area contributed by atoms with Crippen LogP contribution in [0.4, 0.5) is 0 Å². The first-order valence-corrected chi connectivity index (χ1v) is 7.65. The number of hydrogen-bond acceptors (Lipinski definition) is 2. The van der Waals surface area contributed by atoms with Crippen molar-refractivity contribution in [2.45, 2.75) is 91.6 Å². The van der Waals surface area contributed by atoms with E-state index >= 15 is 0 Å². The Labute approximate surface area is 113 Å². The molecule has 0 spiro atoms.